The predicted molar refractivity (Wildman–Crippen MR) is 321 cm³/mol. The summed E-state index contributed by atoms with van der Waals surface area (Å²) in [6.07, 6.45) is 76.8. The van der Waals surface area contributed by atoms with Crippen LogP contribution in [0.25, 0.3) is 0 Å². The van der Waals surface area contributed by atoms with Gasteiger partial charge in [-0.15, -0.1) is 0 Å². The maximum atomic E-state index is 12.8. The second-order valence-electron chi connectivity index (χ2n) is 22.7. The molecule has 0 heterocycles. The maximum Gasteiger partial charge on any atom is 0.306 e. The normalized spacial score (nSPS) is 12.1. The van der Waals surface area contributed by atoms with E-state index < -0.39 is 6.10 Å². The monoisotopic (exact) mass is 1040 g/mol. The smallest absolute Gasteiger partial charge is 0.306 e. The van der Waals surface area contributed by atoms with E-state index in [1.54, 1.807) is 0 Å². The van der Waals surface area contributed by atoms with E-state index in [4.69, 9.17) is 14.2 Å². The molecule has 436 valence electrons. The molecule has 0 saturated carbocycles. The van der Waals surface area contributed by atoms with Gasteiger partial charge in [-0.05, 0) is 51.4 Å². The van der Waals surface area contributed by atoms with Gasteiger partial charge < -0.3 is 14.2 Å². The van der Waals surface area contributed by atoms with E-state index in [1.165, 1.54) is 263 Å². The first-order chi connectivity index (χ1) is 36.5. The molecule has 0 amide bonds. The van der Waals surface area contributed by atoms with Crippen molar-refractivity contribution in [2.75, 3.05) is 13.2 Å². The Labute approximate surface area is 462 Å². The van der Waals surface area contributed by atoms with Crippen molar-refractivity contribution in [3.8, 4) is 0 Å². The van der Waals surface area contributed by atoms with Gasteiger partial charge in [0, 0.05) is 19.3 Å². The largest absolute Gasteiger partial charge is 0.462 e. The Hall–Kier alpha value is -2.11. The van der Waals surface area contributed by atoms with Crippen LogP contribution < -0.4 is 0 Å². The van der Waals surface area contributed by atoms with Crippen LogP contribution in [0.3, 0.4) is 0 Å². The molecule has 0 radical (unpaired) electrons. The first-order valence-electron chi connectivity index (χ1n) is 33.3. The van der Waals surface area contributed by atoms with Crippen molar-refractivity contribution in [1.82, 2.24) is 0 Å². The fourth-order valence-corrected chi connectivity index (χ4v) is 10.2. The Morgan fingerprint density at radius 3 is 0.757 bits per heavy atom. The van der Waals surface area contributed by atoms with E-state index in [0.29, 0.717) is 19.3 Å². The summed E-state index contributed by atoms with van der Waals surface area (Å²) in [5.41, 5.74) is 0. The fourth-order valence-electron chi connectivity index (χ4n) is 10.2. The van der Waals surface area contributed by atoms with E-state index in [2.05, 4.69) is 45.1 Å². The van der Waals surface area contributed by atoms with Crippen molar-refractivity contribution in [2.24, 2.45) is 0 Å². The van der Waals surface area contributed by atoms with Crippen LogP contribution in [0.2, 0.25) is 0 Å². The van der Waals surface area contributed by atoms with Gasteiger partial charge in [0.15, 0.2) is 6.10 Å². The lowest BCUT2D eigenvalue weighted by atomic mass is 10.0. The van der Waals surface area contributed by atoms with E-state index >= 15 is 0 Å². The molecule has 0 aliphatic rings. The second-order valence-corrected chi connectivity index (χ2v) is 22.7. The summed E-state index contributed by atoms with van der Waals surface area (Å²) < 4.78 is 16.8. The van der Waals surface area contributed by atoms with Gasteiger partial charge in [0.25, 0.3) is 0 Å². The Balaban J connectivity index is 3.93. The van der Waals surface area contributed by atoms with Crippen LogP contribution in [-0.4, -0.2) is 37.2 Å². The highest BCUT2D eigenvalue weighted by molar-refractivity contribution is 5.71. The van der Waals surface area contributed by atoms with E-state index in [-0.39, 0.29) is 31.1 Å². The average Bonchev–Trinajstić information content (AvgIpc) is 3.40. The summed E-state index contributed by atoms with van der Waals surface area (Å²) in [6.45, 7) is 6.62. The number of esters is 3. The van der Waals surface area contributed by atoms with Gasteiger partial charge in [0.05, 0.1) is 0 Å². The zero-order chi connectivity index (χ0) is 53.6. The lowest BCUT2D eigenvalue weighted by molar-refractivity contribution is -0.167. The van der Waals surface area contributed by atoms with Crippen LogP contribution in [0.1, 0.15) is 374 Å². The molecule has 0 aliphatic carbocycles. The molecular formula is C68H128O6. The summed E-state index contributed by atoms with van der Waals surface area (Å²) in [4.78, 5) is 38.0. The van der Waals surface area contributed by atoms with Gasteiger partial charge >= 0.3 is 17.9 Å². The molecule has 6 nitrogen and oxygen atoms in total. The zero-order valence-corrected chi connectivity index (χ0v) is 50.1. The summed E-state index contributed by atoms with van der Waals surface area (Å²) in [7, 11) is 0. The van der Waals surface area contributed by atoms with Gasteiger partial charge in [0.1, 0.15) is 13.2 Å². The Kier molecular flexibility index (Phi) is 61.6. The molecule has 0 spiro atoms. The highest BCUT2D eigenvalue weighted by Crippen LogP contribution is 2.18. The summed E-state index contributed by atoms with van der Waals surface area (Å²) in [5.74, 6) is -0.866. The number of allylic oxidation sites excluding steroid dienone is 4. The Morgan fingerprint density at radius 2 is 0.486 bits per heavy atom. The van der Waals surface area contributed by atoms with Gasteiger partial charge in [0.2, 0.25) is 0 Å². The minimum atomic E-state index is -0.770. The van der Waals surface area contributed by atoms with E-state index in [0.717, 1.165) is 70.6 Å². The number of hydrogen-bond acceptors (Lipinski definition) is 6. The molecule has 0 rings (SSSR count). The van der Waals surface area contributed by atoms with E-state index in [9.17, 15) is 14.4 Å². The second kappa shape index (κ2) is 63.4. The van der Waals surface area contributed by atoms with Crippen molar-refractivity contribution >= 4 is 17.9 Å². The number of ether oxygens (including phenoxy) is 3. The molecular weight excluding hydrogens is 913 g/mol. The van der Waals surface area contributed by atoms with Crippen LogP contribution in [0, 0.1) is 0 Å². The van der Waals surface area contributed by atoms with Crippen molar-refractivity contribution in [2.45, 2.75) is 380 Å². The molecule has 0 bridgehead atoms. The SMILES string of the molecule is CCCCCC/C=C\C/C=C\CCCCCCCCCC(=O)OC(COC(=O)CCCCCCCC)COC(=O)CCCCCCCCCCCCCCCCCCCCCCCCCCCCCCCCCC. The quantitative estimate of drug-likeness (QED) is 0.0261. The van der Waals surface area contributed by atoms with Crippen molar-refractivity contribution in [3.63, 3.8) is 0 Å². The standard InChI is InChI=1S/C68H128O6/c1-4-7-10-13-16-18-20-22-24-26-28-29-30-31-32-33-34-35-36-37-38-39-40-41-43-44-46-48-50-52-55-58-61-67(70)73-64-65(63-72-66(69)60-57-54-15-12-9-6-3)74-68(71)62-59-56-53-51-49-47-45-42-27-25-23-21-19-17-14-11-8-5-2/h19,21,25,27,65H,4-18,20,22-24,26,28-64H2,1-3H3/b21-19-,27-25-. The highest BCUT2D eigenvalue weighted by atomic mass is 16.6. The first-order valence-corrected chi connectivity index (χ1v) is 33.3. The molecule has 0 aromatic rings. The third kappa shape index (κ3) is 60.8. The van der Waals surface area contributed by atoms with Crippen molar-refractivity contribution in [3.05, 3.63) is 24.3 Å². The Morgan fingerprint density at radius 1 is 0.270 bits per heavy atom. The van der Waals surface area contributed by atoms with Crippen molar-refractivity contribution in [1.29, 1.82) is 0 Å². The fraction of sp³-hybridized carbons (Fsp3) is 0.897. The van der Waals surface area contributed by atoms with Crippen LogP contribution in [0.4, 0.5) is 0 Å². The van der Waals surface area contributed by atoms with Crippen LogP contribution >= 0.6 is 0 Å². The third-order valence-electron chi connectivity index (χ3n) is 15.2. The molecule has 0 aliphatic heterocycles. The van der Waals surface area contributed by atoms with Crippen LogP contribution in [0.5, 0.6) is 0 Å². The van der Waals surface area contributed by atoms with E-state index in [1.807, 2.05) is 0 Å². The lowest BCUT2D eigenvalue weighted by Crippen LogP contribution is -2.30. The number of carbonyl (C=O) groups is 3. The third-order valence-corrected chi connectivity index (χ3v) is 15.2. The summed E-state index contributed by atoms with van der Waals surface area (Å²) >= 11 is 0. The summed E-state index contributed by atoms with van der Waals surface area (Å²) in [5, 5.41) is 0. The van der Waals surface area contributed by atoms with Crippen LogP contribution in [0.15, 0.2) is 24.3 Å². The lowest BCUT2D eigenvalue weighted by Gasteiger charge is -2.18. The van der Waals surface area contributed by atoms with Gasteiger partial charge in [-0.1, -0.05) is 328 Å². The maximum absolute atomic E-state index is 12.8. The van der Waals surface area contributed by atoms with Gasteiger partial charge in [-0.25, -0.2) is 0 Å². The molecule has 0 N–H and O–H groups in total. The molecule has 1 atom stereocenters. The van der Waals surface area contributed by atoms with Gasteiger partial charge in [-0.2, -0.15) is 0 Å². The number of unbranched alkanes of at least 4 members (excludes halogenated alkanes) is 47. The molecule has 0 fully saturated rings. The molecule has 74 heavy (non-hydrogen) atoms. The predicted octanol–water partition coefficient (Wildman–Crippen LogP) is 22.6. The van der Waals surface area contributed by atoms with Crippen LogP contribution in [-0.2, 0) is 28.6 Å². The minimum Gasteiger partial charge on any atom is -0.462 e. The molecule has 1 unspecified atom stereocenters. The number of carbonyl (C=O) groups excluding carboxylic acids is 3. The molecule has 0 saturated heterocycles. The number of rotatable bonds is 62. The zero-order valence-electron chi connectivity index (χ0n) is 50.1. The highest BCUT2D eigenvalue weighted by Gasteiger charge is 2.19. The molecule has 0 aromatic carbocycles. The van der Waals surface area contributed by atoms with Crippen molar-refractivity contribution < 1.29 is 28.6 Å². The first kappa shape index (κ1) is 71.9. The average molecular weight is 1040 g/mol. The Bertz CT molecular complexity index is 1190. The molecule has 6 heteroatoms. The van der Waals surface area contributed by atoms with Gasteiger partial charge in [-0.3, -0.25) is 14.4 Å². The minimum absolute atomic E-state index is 0.0699. The number of hydrogen-bond donors (Lipinski definition) is 0. The molecule has 0 aromatic heterocycles. The topological polar surface area (TPSA) is 78.9 Å². The summed E-state index contributed by atoms with van der Waals surface area (Å²) in [6, 6.07) is 0.